The van der Waals surface area contributed by atoms with Gasteiger partial charge in [0.2, 0.25) is 0 Å². The van der Waals surface area contributed by atoms with E-state index in [1.54, 1.807) is 0 Å². The summed E-state index contributed by atoms with van der Waals surface area (Å²) in [6, 6.07) is 0. The fraction of sp³-hybridized carbons (Fsp3) is 0.500. The van der Waals surface area contributed by atoms with E-state index >= 15 is 0 Å². The Morgan fingerprint density at radius 2 is 0.524 bits per heavy atom. The Morgan fingerprint density at radius 3 is 0.524 bits per heavy atom. The third kappa shape index (κ3) is 17.8. The van der Waals surface area contributed by atoms with E-state index < -0.39 is 36.4 Å². The molecule has 0 fully saturated rings. The van der Waals surface area contributed by atoms with Crippen LogP contribution in [0.1, 0.15) is 0 Å². The zero-order valence-electron chi connectivity index (χ0n) is 8.97. The van der Waals surface area contributed by atoms with E-state index in [1.807, 2.05) is 0 Å². The van der Waals surface area contributed by atoms with Crippen molar-refractivity contribution in [1.82, 2.24) is 0 Å². The van der Waals surface area contributed by atoms with Gasteiger partial charge in [0.1, 0.15) is 0 Å². The summed E-state index contributed by atoms with van der Waals surface area (Å²) < 4.78 is 95.2. The summed E-state index contributed by atoms with van der Waals surface area (Å²) in [5.41, 5.74) is 0. The lowest BCUT2D eigenvalue weighted by Gasteiger charge is -1.93. The maximum atomic E-state index is 10.6. The van der Waals surface area contributed by atoms with Gasteiger partial charge in [-0.3, -0.25) is 0 Å². The summed E-state index contributed by atoms with van der Waals surface area (Å²) in [7, 11) is 0. The first kappa shape index (κ1) is 23.8. The summed E-state index contributed by atoms with van der Waals surface area (Å²) >= 11 is 0. The molecule has 0 unspecified atom stereocenters. The maximum absolute atomic E-state index is 10.6. The molecule has 0 aromatic heterocycles. The number of hydrogen-bond acceptors (Lipinski definition) is 3. The van der Waals surface area contributed by atoms with Crippen molar-refractivity contribution in [2.45, 2.75) is 18.5 Å². The Kier molecular flexibility index (Phi) is 9.26. The molecular formula is C6H3F9O6. The van der Waals surface area contributed by atoms with E-state index in [9.17, 15) is 39.5 Å². The molecule has 0 aromatic carbocycles. The van der Waals surface area contributed by atoms with Gasteiger partial charge >= 0.3 is 36.4 Å². The van der Waals surface area contributed by atoms with Gasteiger partial charge < -0.3 is 15.3 Å². The fourth-order valence-electron chi connectivity index (χ4n) is 0. The minimum atomic E-state index is -5.08. The largest absolute Gasteiger partial charge is 0.490 e. The lowest BCUT2D eigenvalue weighted by Crippen LogP contribution is -2.21. The number of alkyl halides is 9. The van der Waals surface area contributed by atoms with Crippen molar-refractivity contribution in [1.29, 1.82) is 0 Å². The first-order chi connectivity index (χ1) is 8.83. The zero-order valence-corrected chi connectivity index (χ0v) is 8.97. The molecule has 0 saturated carbocycles. The molecule has 0 heterocycles. The molecule has 3 N–H and O–H groups in total. The number of carboxylic acid groups (broad SMARTS) is 3. The lowest BCUT2D eigenvalue weighted by molar-refractivity contribution is -0.193. The first-order valence-corrected chi connectivity index (χ1v) is 3.73. The van der Waals surface area contributed by atoms with Crippen LogP contribution >= 0.6 is 0 Å². The van der Waals surface area contributed by atoms with E-state index in [0.29, 0.717) is 0 Å². The summed E-state index contributed by atoms with van der Waals surface area (Å²) in [6.07, 6.45) is -15.3. The number of rotatable bonds is 0. The van der Waals surface area contributed by atoms with Gasteiger partial charge in [-0.15, -0.1) is 0 Å². The number of halogens is 9. The molecular weight excluding hydrogens is 339 g/mol. The second-order valence-electron chi connectivity index (χ2n) is 2.41. The number of aliphatic carboxylic acids is 3. The predicted molar refractivity (Wildman–Crippen MR) is 41.1 cm³/mol. The Bertz CT molecular complexity index is 307. The third-order valence-electron chi connectivity index (χ3n) is 0.728. The number of carbonyl (C=O) groups is 3. The molecule has 0 aromatic rings. The Morgan fingerprint density at radius 1 is 0.476 bits per heavy atom. The van der Waals surface area contributed by atoms with Crippen LogP contribution in [0.15, 0.2) is 0 Å². The second-order valence-corrected chi connectivity index (χ2v) is 2.41. The summed E-state index contributed by atoms with van der Waals surface area (Å²) in [5.74, 6) is -8.27. The maximum Gasteiger partial charge on any atom is 0.490 e. The van der Waals surface area contributed by atoms with Crippen LogP contribution in [0.2, 0.25) is 0 Å². The average Bonchev–Trinajstić information content (AvgIpc) is 2.14. The Labute approximate surface area is 107 Å². The minimum absolute atomic E-state index is 2.76. The van der Waals surface area contributed by atoms with Crippen LogP contribution in [-0.2, 0) is 14.4 Å². The monoisotopic (exact) mass is 342 g/mol. The molecule has 0 aliphatic heterocycles. The van der Waals surface area contributed by atoms with Gasteiger partial charge in [-0.05, 0) is 0 Å². The molecule has 21 heavy (non-hydrogen) atoms. The highest BCUT2D eigenvalue weighted by Gasteiger charge is 2.39. The highest BCUT2D eigenvalue weighted by atomic mass is 19.4. The van der Waals surface area contributed by atoms with Gasteiger partial charge in [-0.25, -0.2) is 14.4 Å². The van der Waals surface area contributed by atoms with E-state index in [2.05, 4.69) is 0 Å². The molecule has 0 spiro atoms. The molecule has 15 heteroatoms. The molecule has 0 aliphatic carbocycles. The fourth-order valence-corrected chi connectivity index (χ4v) is 0. The van der Waals surface area contributed by atoms with Crippen LogP contribution in [-0.4, -0.2) is 51.8 Å². The summed E-state index contributed by atoms with van der Waals surface area (Å²) in [6.45, 7) is 0. The normalized spacial score (nSPS) is 11.3. The van der Waals surface area contributed by atoms with Crippen molar-refractivity contribution < 1.29 is 69.2 Å². The van der Waals surface area contributed by atoms with Crippen LogP contribution < -0.4 is 0 Å². The highest BCUT2D eigenvalue weighted by molar-refractivity contribution is 5.73. The van der Waals surface area contributed by atoms with Crippen molar-refractivity contribution in [2.24, 2.45) is 0 Å². The molecule has 0 bridgehead atoms. The molecule has 0 atom stereocenters. The van der Waals surface area contributed by atoms with Gasteiger partial charge in [-0.2, -0.15) is 39.5 Å². The minimum Gasteiger partial charge on any atom is -0.475 e. The summed E-state index contributed by atoms with van der Waals surface area (Å²) in [5, 5.41) is 21.4. The topological polar surface area (TPSA) is 112 Å². The summed E-state index contributed by atoms with van der Waals surface area (Å²) in [4.78, 5) is 26.7. The van der Waals surface area contributed by atoms with Crippen molar-refractivity contribution in [3.63, 3.8) is 0 Å². The van der Waals surface area contributed by atoms with E-state index in [-0.39, 0.29) is 0 Å². The zero-order chi connectivity index (χ0) is 18.2. The van der Waals surface area contributed by atoms with Crippen LogP contribution in [0.5, 0.6) is 0 Å². The average molecular weight is 342 g/mol. The molecule has 0 rings (SSSR count). The standard InChI is InChI=1S/3C2HF3O2/c3*3-2(4,5)1(6)7/h3*(H,6,7). The molecule has 0 aliphatic rings. The quantitative estimate of drug-likeness (QED) is 0.580. The van der Waals surface area contributed by atoms with Crippen LogP contribution in [0.4, 0.5) is 39.5 Å². The van der Waals surface area contributed by atoms with Gasteiger partial charge in [0.05, 0.1) is 0 Å². The lowest BCUT2D eigenvalue weighted by atomic mass is 10.7. The van der Waals surface area contributed by atoms with Crippen molar-refractivity contribution in [3.05, 3.63) is 0 Å². The van der Waals surface area contributed by atoms with Crippen molar-refractivity contribution >= 4 is 17.9 Å². The van der Waals surface area contributed by atoms with Gasteiger partial charge in [-0.1, -0.05) is 0 Å². The van der Waals surface area contributed by atoms with E-state index in [4.69, 9.17) is 29.7 Å². The molecule has 6 nitrogen and oxygen atoms in total. The second kappa shape index (κ2) is 8.15. The Balaban J connectivity index is -0.000000231. The highest BCUT2D eigenvalue weighted by Crippen LogP contribution is 2.14. The van der Waals surface area contributed by atoms with Gasteiger partial charge in [0, 0.05) is 0 Å². The SMILES string of the molecule is O=C(O)C(F)(F)F.O=C(O)C(F)(F)F.O=C(O)C(F)(F)F. The number of hydrogen-bond donors (Lipinski definition) is 3. The molecule has 0 radical (unpaired) electrons. The third-order valence-corrected chi connectivity index (χ3v) is 0.728. The Hall–Kier alpha value is -2.22. The van der Waals surface area contributed by atoms with Crippen LogP contribution in [0.3, 0.4) is 0 Å². The molecule has 0 saturated heterocycles. The predicted octanol–water partition coefficient (Wildman–Crippen LogP) is 1.90. The van der Waals surface area contributed by atoms with Crippen LogP contribution in [0.25, 0.3) is 0 Å². The van der Waals surface area contributed by atoms with Crippen molar-refractivity contribution in [3.8, 4) is 0 Å². The molecule has 126 valence electrons. The molecule has 0 amide bonds. The van der Waals surface area contributed by atoms with Gasteiger partial charge in [0.25, 0.3) is 0 Å². The number of carboxylic acids is 3. The smallest absolute Gasteiger partial charge is 0.475 e. The van der Waals surface area contributed by atoms with Crippen molar-refractivity contribution in [2.75, 3.05) is 0 Å². The van der Waals surface area contributed by atoms with E-state index in [1.165, 1.54) is 0 Å². The van der Waals surface area contributed by atoms with Crippen LogP contribution in [0, 0.1) is 0 Å². The first-order valence-electron chi connectivity index (χ1n) is 3.73. The van der Waals surface area contributed by atoms with Gasteiger partial charge in [0.15, 0.2) is 0 Å². The van der Waals surface area contributed by atoms with E-state index in [0.717, 1.165) is 0 Å².